The van der Waals surface area contributed by atoms with E-state index in [-0.39, 0.29) is 11.8 Å². The van der Waals surface area contributed by atoms with Crippen LogP contribution in [0.3, 0.4) is 0 Å². The Morgan fingerprint density at radius 3 is 2.54 bits per heavy atom. The number of urea groups is 1. The molecule has 4 aromatic rings. The smallest absolute Gasteiger partial charge is 0.323 e. The highest BCUT2D eigenvalue weighted by atomic mass is 19.1. The minimum Gasteiger partial charge on any atom is -0.355 e. The Balaban J connectivity index is 1.47. The number of amides is 2. The van der Waals surface area contributed by atoms with Crippen LogP contribution in [0.2, 0.25) is 0 Å². The van der Waals surface area contributed by atoms with Crippen LogP contribution in [-0.2, 0) is 6.42 Å². The summed E-state index contributed by atoms with van der Waals surface area (Å²) < 4.78 is 13.4. The second kappa shape index (κ2) is 7.56. The molecule has 0 saturated carbocycles. The number of rotatable bonds is 4. The number of halogens is 1. The highest BCUT2D eigenvalue weighted by Gasteiger charge is 2.07. The normalized spacial score (nSPS) is 10.8. The van der Waals surface area contributed by atoms with Gasteiger partial charge in [0.2, 0.25) is 0 Å². The Morgan fingerprint density at radius 2 is 1.75 bits per heavy atom. The molecule has 0 bridgehead atoms. The molecule has 0 radical (unpaired) electrons. The highest BCUT2D eigenvalue weighted by Crippen LogP contribution is 2.26. The Labute approximate surface area is 162 Å². The van der Waals surface area contributed by atoms with Crippen molar-refractivity contribution in [1.82, 2.24) is 4.98 Å². The molecular weight excluding hydrogens is 353 g/mol. The summed E-state index contributed by atoms with van der Waals surface area (Å²) in [5, 5.41) is 6.56. The maximum Gasteiger partial charge on any atom is 0.323 e. The van der Waals surface area contributed by atoms with Crippen molar-refractivity contribution in [3.8, 4) is 11.3 Å². The van der Waals surface area contributed by atoms with Gasteiger partial charge in [0.1, 0.15) is 5.82 Å². The van der Waals surface area contributed by atoms with Crippen molar-refractivity contribution in [2.24, 2.45) is 0 Å². The molecule has 1 heterocycles. The maximum absolute atomic E-state index is 13.4. The van der Waals surface area contributed by atoms with Gasteiger partial charge in [0.05, 0.1) is 0 Å². The number of H-pyrrole nitrogens is 1. The molecule has 0 atom stereocenters. The molecule has 0 spiro atoms. The number of anilines is 2. The van der Waals surface area contributed by atoms with Crippen LogP contribution in [0.1, 0.15) is 12.5 Å². The lowest BCUT2D eigenvalue weighted by atomic mass is 10.1. The van der Waals surface area contributed by atoms with E-state index in [0.717, 1.165) is 39.8 Å². The van der Waals surface area contributed by atoms with Crippen LogP contribution in [0, 0.1) is 5.82 Å². The molecule has 2 amide bonds. The lowest BCUT2D eigenvalue weighted by Gasteiger charge is -2.11. The Hall–Kier alpha value is -3.60. The average Bonchev–Trinajstić information content (AvgIpc) is 3.12. The molecule has 28 heavy (non-hydrogen) atoms. The predicted molar refractivity (Wildman–Crippen MR) is 112 cm³/mol. The zero-order valence-electron chi connectivity index (χ0n) is 15.4. The molecular formula is C23H20FN3O. The van der Waals surface area contributed by atoms with Gasteiger partial charge in [-0.2, -0.15) is 0 Å². The van der Waals surface area contributed by atoms with Crippen LogP contribution in [-0.4, -0.2) is 11.0 Å². The Morgan fingerprint density at radius 1 is 0.964 bits per heavy atom. The molecule has 0 aliphatic rings. The van der Waals surface area contributed by atoms with E-state index in [0.29, 0.717) is 5.69 Å². The van der Waals surface area contributed by atoms with Crippen molar-refractivity contribution in [3.05, 3.63) is 84.2 Å². The van der Waals surface area contributed by atoms with Gasteiger partial charge in [0, 0.05) is 28.0 Å². The van der Waals surface area contributed by atoms with Crippen molar-refractivity contribution >= 4 is 28.3 Å². The first-order valence-electron chi connectivity index (χ1n) is 9.17. The van der Waals surface area contributed by atoms with Gasteiger partial charge in [-0.3, -0.25) is 0 Å². The number of hydrogen-bond acceptors (Lipinski definition) is 1. The van der Waals surface area contributed by atoms with Crippen molar-refractivity contribution < 1.29 is 9.18 Å². The second-order valence-corrected chi connectivity index (χ2v) is 6.58. The number of aromatic nitrogens is 1. The minimum atomic E-state index is -0.283. The zero-order chi connectivity index (χ0) is 19.5. The fourth-order valence-electron chi connectivity index (χ4n) is 3.23. The number of carbonyl (C=O) groups is 1. The van der Waals surface area contributed by atoms with Crippen LogP contribution in [0.25, 0.3) is 22.2 Å². The van der Waals surface area contributed by atoms with Crippen molar-refractivity contribution in [2.45, 2.75) is 13.3 Å². The van der Waals surface area contributed by atoms with E-state index >= 15 is 0 Å². The molecule has 140 valence electrons. The fraction of sp³-hybridized carbons (Fsp3) is 0.0870. The van der Waals surface area contributed by atoms with Gasteiger partial charge in [-0.05, 0) is 60.0 Å². The summed E-state index contributed by atoms with van der Waals surface area (Å²) in [5.74, 6) is -0.256. The van der Waals surface area contributed by atoms with Gasteiger partial charge in [0.25, 0.3) is 0 Å². The molecule has 3 aromatic carbocycles. The summed E-state index contributed by atoms with van der Waals surface area (Å²) in [4.78, 5) is 15.6. The first-order valence-corrected chi connectivity index (χ1v) is 9.17. The van der Waals surface area contributed by atoms with Gasteiger partial charge in [-0.1, -0.05) is 37.3 Å². The summed E-state index contributed by atoms with van der Waals surface area (Å²) in [5.41, 5.74) is 5.32. The minimum absolute atomic E-state index is 0.256. The van der Waals surface area contributed by atoms with Gasteiger partial charge < -0.3 is 15.6 Å². The van der Waals surface area contributed by atoms with Crippen molar-refractivity contribution in [3.63, 3.8) is 0 Å². The number of aryl methyl sites for hydroxylation is 1. The first-order chi connectivity index (χ1) is 13.6. The third kappa shape index (κ3) is 3.74. The van der Waals surface area contributed by atoms with E-state index in [1.54, 1.807) is 6.07 Å². The third-order valence-corrected chi connectivity index (χ3v) is 4.68. The molecule has 0 aliphatic carbocycles. The van der Waals surface area contributed by atoms with E-state index in [2.05, 4.69) is 22.5 Å². The highest BCUT2D eigenvalue weighted by molar-refractivity contribution is 6.00. The molecule has 0 aliphatic heterocycles. The summed E-state index contributed by atoms with van der Waals surface area (Å²) in [6, 6.07) is 21.5. The maximum atomic E-state index is 13.4. The Bertz CT molecular complexity index is 1130. The van der Waals surface area contributed by atoms with E-state index < -0.39 is 0 Å². The Kier molecular flexibility index (Phi) is 4.81. The zero-order valence-corrected chi connectivity index (χ0v) is 15.4. The molecule has 1 aromatic heterocycles. The molecule has 3 N–H and O–H groups in total. The summed E-state index contributed by atoms with van der Waals surface area (Å²) >= 11 is 0. The van der Waals surface area contributed by atoms with E-state index in [9.17, 15) is 9.18 Å². The van der Waals surface area contributed by atoms with Gasteiger partial charge in [0.15, 0.2) is 0 Å². The molecule has 5 heteroatoms. The topological polar surface area (TPSA) is 56.9 Å². The summed E-state index contributed by atoms with van der Waals surface area (Å²) in [7, 11) is 0. The fourth-order valence-corrected chi connectivity index (χ4v) is 3.23. The van der Waals surface area contributed by atoms with Gasteiger partial charge in [-0.15, -0.1) is 0 Å². The molecule has 0 saturated heterocycles. The SMILES string of the molecule is CCc1ccccc1NC(=O)Nc1ccc(-c2cc3cc(F)ccc3[nH]2)cc1. The molecule has 4 nitrogen and oxygen atoms in total. The van der Waals surface area contributed by atoms with Gasteiger partial charge in [-0.25, -0.2) is 9.18 Å². The van der Waals surface area contributed by atoms with Crippen LogP contribution in [0.15, 0.2) is 72.8 Å². The van der Waals surface area contributed by atoms with E-state index in [4.69, 9.17) is 0 Å². The summed E-state index contributed by atoms with van der Waals surface area (Å²) in [6.07, 6.45) is 0.847. The number of para-hydroxylation sites is 1. The van der Waals surface area contributed by atoms with Crippen molar-refractivity contribution in [1.29, 1.82) is 0 Å². The van der Waals surface area contributed by atoms with Crippen molar-refractivity contribution in [2.75, 3.05) is 10.6 Å². The molecule has 4 rings (SSSR count). The molecule has 0 fully saturated rings. The number of hydrogen-bond donors (Lipinski definition) is 3. The standard InChI is InChI=1S/C23H20FN3O/c1-2-15-5-3-4-6-20(15)27-23(28)25-19-10-7-16(8-11-19)22-14-17-13-18(24)9-12-21(17)26-22/h3-14,26H,2H2,1H3,(H2,25,27,28). The number of carbonyl (C=O) groups excluding carboxylic acids is 1. The number of nitrogens with one attached hydrogen (secondary N) is 3. The monoisotopic (exact) mass is 373 g/mol. The van der Waals surface area contributed by atoms with Gasteiger partial charge >= 0.3 is 6.03 Å². The van der Waals surface area contributed by atoms with E-state index in [1.165, 1.54) is 12.1 Å². The summed E-state index contributed by atoms with van der Waals surface area (Å²) in [6.45, 7) is 2.05. The van der Waals surface area contributed by atoms with Crippen LogP contribution < -0.4 is 10.6 Å². The number of aromatic amines is 1. The lowest BCUT2D eigenvalue weighted by molar-refractivity contribution is 0.262. The predicted octanol–water partition coefficient (Wildman–Crippen LogP) is 6.18. The number of fused-ring (bicyclic) bond motifs is 1. The van der Waals surface area contributed by atoms with Crippen LogP contribution in [0.5, 0.6) is 0 Å². The number of benzene rings is 3. The van der Waals surface area contributed by atoms with E-state index in [1.807, 2.05) is 54.6 Å². The largest absolute Gasteiger partial charge is 0.355 e. The molecule has 0 unspecified atom stereocenters. The van der Waals surface area contributed by atoms with Crippen LogP contribution in [0.4, 0.5) is 20.6 Å². The average molecular weight is 373 g/mol. The third-order valence-electron chi connectivity index (χ3n) is 4.68. The lowest BCUT2D eigenvalue weighted by Crippen LogP contribution is -2.20. The first kappa shape index (κ1) is 17.8. The van der Waals surface area contributed by atoms with Crippen LogP contribution >= 0.6 is 0 Å². The quantitative estimate of drug-likeness (QED) is 0.393. The second-order valence-electron chi connectivity index (χ2n) is 6.58.